The van der Waals surface area contributed by atoms with Gasteiger partial charge < -0.3 is 26.7 Å². The van der Waals surface area contributed by atoms with Gasteiger partial charge in [-0.15, -0.1) is 10.1 Å². The number of rotatable bonds is 0. The number of fused-ring (bicyclic) bond motifs is 2. The van der Waals surface area contributed by atoms with Gasteiger partial charge in [0.05, 0.1) is 11.4 Å². The average Bonchev–Trinajstić information content (AvgIpc) is 2.35. The Kier molecular flexibility index (Phi) is 3.47. The predicted molar refractivity (Wildman–Crippen MR) is 73.8 cm³/mol. The summed E-state index contributed by atoms with van der Waals surface area (Å²) >= 11 is 0. The smallest absolute Gasteiger partial charge is 0.291 e. The Labute approximate surface area is 113 Å². The van der Waals surface area contributed by atoms with Crippen molar-refractivity contribution in [3.8, 4) is 11.5 Å². The molecule has 2 aromatic rings. The van der Waals surface area contributed by atoms with Crippen LogP contribution < -0.4 is 21.5 Å². The first-order valence-corrected chi connectivity index (χ1v) is 5.53. The Morgan fingerprint density at radius 2 is 1.45 bits per heavy atom. The lowest BCUT2D eigenvalue weighted by molar-refractivity contribution is -0.742. The second-order valence-corrected chi connectivity index (χ2v) is 3.98. The van der Waals surface area contributed by atoms with Crippen molar-refractivity contribution in [2.75, 3.05) is 16.8 Å². The molecule has 0 amide bonds. The van der Waals surface area contributed by atoms with E-state index in [4.69, 9.17) is 31.5 Å². The van der Waals surface area contributed by atoms with Crippen LogP contribution in [0, 0.1) is 10.1 Å². The molecule has 0 fully saturated rings. The first kappa shape index (κ1) is 13.3. The van der Waals surface area contributed by atoms with Gasteiger partial charge in [-0.1, -0.05) is 0 Å². The third-order valence-electron chi connectivity index (χ3n) is 2.50. The van der Waals surface area contributed by atoms with Gasteiger partial charge in [-0.05, 0) is 24.3 Å². The van der Waals surface area contributed by atoms with E-state index in [2.05, 4.69) is 5.32 Å². The van der Waals surface area contributed by atoms with Crippen LogP contribution in [0.3, 0.4) is 0 Å². The third kappa shape index (κ3) is 2.99. The van der Waals surface area contributed by atoms with E-state index in [0.717, 1.165) is 22.9 Å². The van der Waals surface area contributed by atoms with Crippen molar-refractivity contribution in [3.05, 3.63) is 46.5 Å². The summed E-state index contributed by atoms with van der Waals surface area (Å²) in [5, 5.41) is 16.9. The number of nitrogens with zero attached hydrogens (tertiary/aromatic N) is 1. The summed E-state index contributed by atoms with van der Waals surface area (Å²) in [5.41, 5.74) is 14.6. The molecule has 1 aliphatic heterocycles. The van der Waals surface area contributed by atoms with E-state index < -0.39 is 5.09 Å². The lowest BCUT2D eigenvalue weighted by Crippen LogP contribution is -2.03. The molecule has 8 nitrogen and oxygen atoms in total. The van der Waals surface area contributed by atoms with E-state index in [1.807, 2.05) is 24.3 Å². The van der Waals surface area contributed by atoms with Crippen molar-refractivity contribution >= 4 is 22.7 Å². The van der Waals surface area contributed by atoms with E-state index in [1.165, 1.54) is 0 Å². The number of nitrogens with two attached hydrogens (primary N) is 2. The molecule has 0 aliphatic carbocycles. The molecule has 0 spiro atoms. The van der Waals surface area contributed by atoms with Gasteiger partial charge in [0.25, 0.3) is 5.09 Å². The van der Waals surface area contributed by atoms with Gasteiger partial charge in [-0.2, -0.15) is 0 Å². The highest BCUT2D eigenvalue weighted by molar-refractivity contribution is 5.78. The lowest BCUT2D eigenvalue weighted by Gasteiger charge is -2.22. The quantitative estimate of drug-likeness (QED) is 0.281. The second kappa shape index (κ2) is 5.22. The highest BCUT2D eigenvalue weighted by Gasteiger charge is 2.16. The van der Waals surface area contributed by atoms with Crippen molar-refractivity contribution in [2.45, 2.75) is 0 Å². The van der Waals surface area contributed by atoms with Crippen molar-refractivity contribution in [1.29, 1.82) is 0 Å². The summed E-state index contributed by atoms with van der Waals surface area (Å²) in [6, 6.07) is 11.0. The monoisotopic (exact) mass is 276 g/mol. The summed E-state index contributed by atoms with van der Waals surface area (Å²) in [6.07, 6.45) is 0. The van der Waals surface area contributed by atoms with E-state index in [-0.39, 0.29) is 0 Å². The number of anilines is 4. The molecule has 3 rings (SSSR count). The zero-order valence-electron chi connectivity index (χ0n) is 10.2. The van der Waals surface area contributed by atoms with Crippen molar-refractivity contribution in [3.63, 3.8) is 0 Å². The summed E-state index contributed by atoms with van der Waals surface area (Å²) in [7, 11) is 0. The first-order valence-electron chi connectivity index (χ1n) is 5.53. The molecule has 0 radical (unpaired) electrons. The molecule has 0 bridgehead atoms. The molecule has 0 unspecified atom stereocenters. The summed E-state index contributed by atoms with van der Waals surface area (Å²) < 4.78 is 5.72. The fourth-order valence-electron chi connectivity index (χ4n) is 1.72. The third-order valence-corrected chi connectivity index (χ3v) is 2.50. The molecule has 0 saturated carbocycles. The van der Waals surface area contributed by atoms with Crippen LogP contribution in [0.1, 0.15) is 0 Å². The van der Waals surface area contributed by atoms with Crippen LogP contribution in [0.2, 0.25) is 0 Å². The molecule has 104 valence electrons. The number of nitrogens with one attached hydrogen (secondary N) is 1. The standard InChI is InChI=1S/C12H11N3O.HNO3/c13-7-1-3-9-11(5-7)16-12-6-8(14)2-4-10(12)15-9;2-1(3)4/h1-6,15H,13-14H2;(H,2,3,4). The normalized spacial score (nSPS) is 10.8. The van der Waals surface area contributed by atoms with E-state index in [9.17, 15) is 0 Å². The molecule has 8 heteroatoms. The van der Waals surface area contributed by atoms with Crippen molar-refractivity contribution in [1.82, 2.24) is 0 Å². The Morgan fingerprint density at radius 3 is 1.85 bits per heavy atom. The van der Waals surface area contributed by atoms with Crippen LogP contribution in [-0.4, -0.2) is 10.3 Å². The summed E-state index contributed by atoms with van der Waals surface area (Å²) in [6.45, 7) is 0. The largest absolute Gasteiger partial charge is 0.453 e. The molecule has 2 aromatic carbocycles. The molecular formula is C12H12N4O4. The summed E-state index contributed by atoms with van der Waals surface area (Å²) in [4.78, 5) is 8.36. The second-order valence-electron chi connectivity index (χ2n) is 3.98. The maximum absolute atomic E-state index is 8.36. The summed E-state index contributed by atoms with van der Waals surface area (Å²) in [5.74, 6) is 1.44. The Balaban J connectivity index is 0.000000328. The van der Waals surface area contributed by atoms with Gasteiger partial charge in [0.2, 0.25) is 0 Å². The zero-order valence-corrected chi connectivity index (χ0v) is 10.2. The van der Waals surface area contributed by atoms with Gasteiger partial charge >= 0.3 is 0 Å². The maximum Gasteiger partial charge on any atom is 0.291 e. The van der Waals surface area contributed by atoms with Crippen molar-refractivity contribution in [2.24, 2.45) is 0 Å². The maximum atomic E-state index is 8.36. The number of hydrogen-bond acceptors (Lipinski definition) is 6. The van der Waals surface area contributed by atoms with Crippen LogP contribution in [0.15, 0.2) is 36.4 Å². The highest BCUT2D eigenvalue weighted by Crippen LogP contribution is 2.43. The van der Waals surface area contributed by atoms with Gasteiger partial charge in [0, 0.05) is 23.5 Å². The zero-order chi connectivity index (χ0) is 14.7. The Morgan fingerprint density at radius 1 is 1.05 bits per heavy atom. The minimum Gasteiger partial charge on any atom is -0.453 e. The van der Waals surface area contributed by atoms with Crippen LogP contribution in [0.5, 0.6) is 11.5 Å². The number of hydrogen-bond donors (Lipinski definition) is 4. The minimum absolute atomic E-state index is 0.674. The van der Waals surface area contributed by atoms with Gasteiger partial charge in [0.1, 0.15) is 0 Å². The Bertz CT molecular complexity index is 606. The van der Waals surface area contributed by atoms with Crippen LogP contribution in [0.4, 0.5) is 22.7 Å². The van der Waals surface area contributed by atoms with Crippen LogP contribution >= 0.6 is 0 Å². The molecule has 1 heterocycles. The van der Waals surface area contributed by atoms with E-state index in [1.54, 1.807) is 12.1 Å². The number of nitrogen functional groups attached to an aromatic ring is 2. The first-order chi connectivity index (χ1) is 9.45. The molecular weight excluding hydrogens is 264 g/mol. The topological polar surface area (TPSA) is 137 Å². The van der Waals surface area contributed by atoms with Crippen LogP contribution in [-0.2, 0) is 0 Å². The fourth-order valence-corrected chi connectivity index (χ4v) is 1.72. The van der Waals surface area contributed by atoms with Gasteiger partial charge in [-0.3, -0.25) is 0 Å². The van der Waals surface area contributed by atoms with E-state index in [0.29, 0.717) is 11.4 Å². The lowest BCUT2D eigenvalue weighted by atomic mass is 10.2. The molecule has 20 heavy (non-hydrogen) atoms. The molecule has 0 atom stereocenters. The van der Waals surface area contributed by atoms with Crippen molar-refractivity contribution < 1.29 is 15.0 Å². The van der Waals surface area contributed by atoms with Crippen LogP contribution in [0.25, 0.3) is 0 Å². The van der Waals surface area contributed by atoms with Gasteiger partial charge in [0.15, 0.2) is 11.5 Å². The molecule has 0 aromatic heterocycles. The number of benzene rings is 2. The Hall–Kier alpha value is -3.16. The fraction of sp³-hybridized carbons (Fsp3) is 0. The average molecular weight is 276 g/mol. The number of ether oxygens (including phenoxy) is 1. The molecule has 6 N–H and O–H groups in total. The van der Waals surface area contributed by atoms with Gasteiger partial charge in [-0.25, -0.2) is 0 Å². The van der Waals surface area contributed by atoms with E-state index >= 15 is 0 Å². The highest BCUT2D eigenvalue weighted by atomic mass is 16.9. The SMILES string of the molecule is Nc1ccc2c(c1)Oc1cc(N)ccc1N2.O=[N+]([O-])O. The minimum atomic E-state index is -1.50. The molecule has 1 aliphatic rings. The molecule has 0 saturated heterocycles. The predicted octanol–water partition coefficient (Wildman–Crippen LogP) is 2.35.